The lowest BCUT2D eigenvalue weighted by Gasteiger charge is -2.35. The molecule has 2 aromatic rings. The minimum absolute atomic E-state index is 0. The van der Waals surface area contributed by atoms with Crippen LogP contribution in [0.1, 0.15) is 41.0 Å². The zero-order valence-electron chi connectivity index (χ0n) is 14.5. The first kappa shape index (κ1) is 23.7. The van der Waals surface area contributed by atoms with Gasteiger partial charge >= 0.3 is 0 Å². The van der Waals surface area contributed by atoms with E-state index < -0.39 is 17.3 Å². The van der Waals surface area contributed by atoms with Crippen molar-refractivity contribution in [3.05, 3.63) is 70.5 Å². The highest BCUT2D eigenvalue weighted by molar-refractivity contribution is 6.30. The van der Waals surface area contributed by atoms with E-state index in [0.29, 0.717) is 15.1 Å². The summed E-state index contributed by atoms with van der Waals surface area (Å²) in [5.74, 6) is -1.30. The summed E-state index contributed by atoms with van der Waals surface area (Å²) in [5.41, 5.74) is -0.346. The summed E-state index contributed by atoms with van der Waals surface area (Å²) in [4.78, 5) is 24.8. The summed E-state index contributed by atoms with van der Waals surface area (Å²) in [6, 6.07) is 11.3. The van der Waals surface area contributed by atoms with Crippen LogP contribution in [0.25, 0.3) is 0 Å². The molecule has 0 fully saturated rings. The number of hydrogen-bond donors (Lipinski definition) is 0. The third kappa shape index (κ3) is 6.06. The molecule has 0 aliphatic rings. The smallest absolute Gasteiger partial charge is 0.284 e. The van der Waals surface area contributed by atoms with Crippen LogP contribution in [0.15, 0.2) is 48.5 Å². The highest BCUT2D eigenvalue weighted by atomic mass is 35.5. The monoisotopic (exact) mass is 452 g/mol. The van der Waals surface area contributed by atoms with Gasteiger partial charge in [0, 0.05) is 46.1 Å². The minimum atomic E-state index is -0.976. The molecule has 0 spiro atoms. The van der Waals surface area contributed by atoms with Crippen molar-refractivity contribution in [3.8, 4) is 0 Å². The molecule has 0 aliphatic heterocycles. The van der Waals surface area contributed by atoms with Gasteiger partial charge in [-0.3, -0.25) is 9.59 Å². The molecule has 0 aromatic heterocycles. The number of nitrogens with zero attached hydrogens (tertiary/aromatic N) is 2. The summed E-state index contributed by atoms with van der Waals surface area (Å²) < 4.78 is 14.6. The third-order valence-electron chi connectivity index (χ3n) is 3.67. The Hall–Kier alpha value is -1.37. The SMILES string of the molecule is CC(C)(CC(=O)c1ccc(Cl)cc1)N(Cl)N(Cl)C(=O)c1ccc(F)cc1.Cl. The number of Topliss-reactive ketones (excluding diaryl/α,β-unsaturated/α-hetero) is 1. The average Bonchev–Trinajstić information content (AvgIpc) is 2.60. The van der Waals surface area contributed by atoms with Crippen molar-refractivity contribution in [2.75, 3.05) is 0 Å². The van der Waals surface area contributed by atoms with Crippen LogP contribution in [0.4, 0.5) is 4.39 Å². The molecule has 0 atom stereocenters. The van der Waals surface area contributed by atoms with Crippen LogP contribution in [-0.2, 0) is 0 Å². The lowest BCUT2D eigenvalue weighted by atomic mass is 9.95. The first-order valence-corrected chi connectivity index (χ1v) is 8.68. The second-order valence-electron chi connectivity index (χ2n) is 6.25. The van der Waals surface area contributed by atoms with Crippen molar-refractivity contribution in [1.82, 2.24) is 9.06 Å². The van der Waals surface area contributed by atoms with Crippen LogP contribution in [0.5, 0.6) is 0 Å². The third-order valence-corrected chi connectivity index (χ3v) is 4.91. The van der Waals surface area contributed by atoms with E-state index in [1.807, 2.05) is 0 Å². The van der Waals surface area contributed by atoms with E-state index in [-0.39, 0.29) is 30.2 Å². The van der Waals surface area contributed by atoms with Gasteiger partial charge in [0.05, 0.1) is 5.54 Å². The molecule has 9 heteroatoms. The summed E-state index contributed by atoms with van der Waals surface area (Å²) in [5, 5.41) is 0.525. The zero-order valence-corrected chi connectivity index (χ0v) is 17.5. The highest BCUT2D eigenvalue weighted by Crippen LogP contribution is 2.28. The standard InChI is InChI=1S/C18H16Cl3FN2O2.ClH/c1-18(2,11-16(25)12-3-7-14(19)8-4-12)24(21)23(20)17(26)13-5-9-15(22)10-6-13;/h3-10H,11H2,1-2H3;1H. The number of carbonyl (C=O) groups is 2. The number of halogens is 5. The Balaban J connectivity index is 0.00000364. The molecule has 0 bridgehead atoms. The van der Waals surface area contributed by atoms with Gasteiger partial charge < -0.3 is 0 Å². The Morgan fingerprint density at radius 3 is 1.96 bits per heavy atom. The van der Waals surface area contributed by atoms with E-state index in [0.717, 1.165) is 16.7 Å². The van der Waals surface area contributed by atoms with Gasteiger partial charge in [-0.15, -0.1) is 16.9 Å². The Morgan fingerprint density at radius 2 is 1.44 bits per heavy atom. The number of hydrazine groups is 1. The topological polar surface area (TPSA) is 40.6 Å². The van der Waals surface area contributed by atoms with Crippen LogP contribution in [-0.4, -0.2) is 26.3 Å². The molecule has 0 aliphatic carbocycles. The lowest BCUT2D eigenvalue weighted by molar-refractivity contribution is 0.0374. The molecular weight excluding hydrogens is 437 g/mol. The first-order valence-electron chi connectivity index (χ1n) is 7.62. The predicted octanol–water partition coefficient (Wildman–Crippen LogP) is 5.92. The van der Waals surface area contributed by atoms with E-state index in [9.17, 15) is 14.0 Å². The van der Waals surface area contributed by atoms with Crippen LogP contribution < -0.4 is 0 Å². The highest BCUT2D eigenvalue weighted by Gasteiger charge is 2.35. The van der Waals surface area contributed by atoms with Crippen molar-refractivity contribution in [2.24, 2.45) is 0 Å². The molecule has 27 heavy (non-hydrogen) atoms. The second kappa shape index (κ2) is 9.71. The average molecular weight is 454 g/mol. The second-order valence-corrected chi connectivity index (χ2v) is 7.33. The lowest BCUT2D eigenvalue weighted by Crippen LogP contribution is -2.48. The largest absolute Gasteiger partial charge is 0.294 e. The Labute approximate surface area is 178 Å². The van der Waals surface area contributed by atoms with Crippen molar-refractivity contribution >= 4 is 59.3 Å². The van der Waals surface area contributed by atoms with E-state index in [2.05, 4.69) is 0 Å². The maximum absolute atomic E-state index is 13.0. The number of benzene rings is 2. The first-order chi connectivity index (χ1) is 12.1. The summed E-state index contributed by atoms with van der Waals surface area (Å²) in [7, 11) is 0. The van der Waals surface area contributed by atoms with Gasteiger partial charge in [0.1, 0.15) is 5.82 Å². The van der Waals surface area contributed by atoms with Gasteiger partial charge in [-0.1, -0.05) is 11.6 Å². The minimum Gasteiger partial charge on any atom is -0.294 e. The summed E-state index contributed by atoms with van der Waals surface area (Å²) in [6.45, 7) is 3.34. The van der Waals surface area contributed by atoms with Gasteiger partial charge in [-0.2, -0.15) is 4.53 Å². The molecule has 0 heterocycles. The van der Waals surface area contributed by atoms with Crippen LogP contribution in [0.2, 0.25) is 5.02 Å². The summed E-state index contributed by atoms with van der Waals surface area (Å²) in [6.07, 6.45) is -0.00193. The number of ketones is 1. The van der Waals surface area contributed by atoms with Crippen molar-refractivity contribution in [2.45, 2.75) is 25.8 Å². The molecule has 2 rings (SSSR count). The number of carbonyl (C=O) groups excluding carboxylic acids is 2. The van der Waals surface area contributed by atoms with Gasteiger partial charge in [-0.05, 0) is 62.4 Å². The predicted molar refractivity (Wildman–Crippen MR) is 108 cm³/mol. The quantitative estimate of drug-likeness (QED) is 0.309. The molecule has 0 saturated carbocycles. The van der Waals surface area contributed by atoms with Crippen molar-refractivity contribution < 1.29 is 14.0 Å². The maximum atomic E-state index is 13.0. The van der Waals surface area contributed by atoms with Gasteiger partial charge in [0.25, 0.3) is 5.91 Å². The molecular formula is C18H17Cl4FN2O2. The molecule has 4 nitrogen and oxygen atoms in total. The number of rotatable bonds is 6. The molecule has 146 valence electrons. The van der Waals surface area contributed by atoms with E-state index in [1.165, 1.54) is 12.1 Å². The Morgan fingerprint density at radius 1 is 0.963 bits per heavy atom. The fourth-order valence-electron chi connectivity index (χ4n) is 2.21. The fourth-order valence-corrected chi connectivity index (χ4v) is 2.77. The normalized spacial score (nSPS) is 11.1. The van der Waals surface area contributed by atoms with Crippen LogP contribution >= 0.6 is 47.6 Å². The van der Waals surface area contributed by atoms with Gasteiger partial charge in [0.15, 0.2) is 5.78 Å². The maximum Gasteiger partial charge on any atom is 0.284 e. The number of hydrogen-bond acceptors (Lipinski definition) is 3. The molecule has 0 unspecified atom stereocenters. The molecule has 0 saturated heterocycles. The van der Waals surface area contributed by atoms with E-state index in [1.54, 1.807) is 38.1 Å². The van der Waals surface area contributed by atoms with Crippen LogP contribution in [0.3, 0.4) is 0 Å². The Kier molecular flexibility index (Phi) is 8.51. The summed E-state index contributed by atoms with van der Waals surface area (Å²) >= 11 is 18.1. The molecule has 0 N–H and O–H groups in total. The van der Waals surface area contributed by atoms with Gasteiger partial charge in [0.2, 0.25) is 0 Å². The Bertz CT molecular complexity index is 798. The van der Waals surface area contributed by atoms with Crippen molar-refractivity contribution in [3.63, 3.8) is 0 Å². The van der Waals surface area contributed by atoms with Crippen molar-refractivity contribution in [1.29, 1.82) is 0 Å². The number of amides is 1. The molecule has 2 aromatic carbocycles. The molecule has 1 amide bonds. The van der Waals surface area contributed by atoms with E-state index in [4.69, 9.17) is 35.2 Å². The van der Waals surface area contributed by atoms with Crippen LogP contribution in [0, 0.1) is 5.82 Å². The molecule has 0 radical (unpaired) electrons. The van der Waals surface area contributed by atoms with Gasteiger partial charge in [-0.25, -0.2) is 4.39 Å². The van der Waals surface area contributed by atoms with E-state index >= 15 is 0 Å². The zero-order chi connectivity index (χ0) is 19.5. The fraction of sp³-hybridized carbons (Fsp3) is 0.222.